The molecule has 0 spiro atoms. The van der Waals surface area contributed by atoms with E-state index in [0.29, 0.717) is 0 Å². The first kappa shape index (κ1) is 14.6. The molecule has 3 heteroatoms. The Balaban J connectivity index is 1.36. The third-order valence-electron chi connectivity index (χ3n) is 5.79. The van der Waals surface area contributed by atoms with Crippen LogP contribution >= 0.6 is 11.6 Å². The number of piperazine rings is 1. The number of benzene rings is 1. The fraction of sp³-hybridized carbons (Fsp3) is 0.579. The predicted octanol–water partition coefficient (Wildman–Crippen LogP) is 3.98. The van der Waals surface area contributed by atoms with Crippen LogP contribution in [0.4, 0.5) is 5.69 Å². The van der Waals surface area contributed by atoms with Gasteiger partial charge in [-0.15, -0.1) is 0 Å². The number of fused-ring (bicyclic) bond motifs is 2. The quantitative estimate of drug-likeness (QED) is 0.778. The van der Waals surface area contributed by atoms with E-state index in [4.69, 9.17) is 11.6 Å². The molecule has 2 aliphatic carbocycles. The highest BCUT2D eigenvalue weighted by Gasteiger charge is 2.36. The maximum absolute atomic E-state index is 6.42. The van der Waals surface area contributed by atoms with Crippen LogP contribution in [0.25, 0.3) is 0 Å². The molecular formula is C19H25ClN2. The predicted molar refractivity (Wildman–Crippen MR) is 93.7 cm³/mol. The van der Waals surface area contributed by atoms with Gasteiger partial charge in [0.25, 0.3) is 0 Å². The molecule has 0 aromatic heterocycles. The van der Waals surface area contributed by atoms with E-state index in [1.807, 2.05) is 12.1 Å². The molecule has 3 atom stereocenters. The lowest BCUT2D eigenvalue weighted by atomic mass is 9.93. The van der Waals surface area contributed by atoms with Crippen molar-refractivity contribution < 1.29 is 0 Å². The van der Waals surface area contributed by atoms with Gasteiger partial charge in [-0.25, -0.2) is 0 Å². The third-order valence-corrected chi connectivity index (χ3v) is 6.09. The van der Waals surface area contributed by atoms with Crippen LogP contribution in [0, 0.1) is 24.7 Å². The number of hydrogen-bond donors (Lipinski definition) is 0. The van der Waals surface area contributed by atoms with Gasteiger partial charge in [-0.1, -0.05) is 35.9 Å². The van der Waals surface area contributed by atoms with Crippen molar-refractivity contribution in [3.8, 4) is 0 Å². The first-order valence-electron chi connectivity index (χ1n) is 8.61. The second-order valence-electron chi connectivity index (χ2n) is 7.23. The Morgan fingerprint density at radius 3 is 2.55 bits per heavy atom. The van der Waals surface area contributed by atoms with Crippen LogP contribution in [0.3, 0.4) is 0 Å². The van der Waals surface area contributed by atoms with E-state index in [0.717, 1.165) is 35.9 Å². The SMILES string of the molecule is Cc1cccc(Cl)c1N1CCN(CC2CC3C=CC2C3)CC1. The van der Waals surface area contributed by atoms with Gasteiger partial charge in [0.1, 0.15) is 0 Å². The third kappa shape index (κ3) is 2.68. The van der Waals surface area contributed by atoms with Gasteiger partial charge in [0.15, 0.2) is 0 Å². The molecule has 0 N–H and O–H groups in total. The Bertz CT molecular complexity index is 555. The summed E-state index contributed by atoms with van der Waals surface area (Å²) in [6, 6.07) is 6.22. The Morgan fingerprint density at radius 2 is 1.91 bits per heavy atom. The smallest absolute Gasteiger partial charge is 0.0642 e. The molecular weight excluding hydrogens is 292 g/mol. The van der Waals surface area contributed by atoms with Gasteiger partial charge in [-0.2, -0.15) is 0 Å². The lowest BCUT2D eigenvalue weighted by Crippen LogP contribution is -2.48. The average Bonchev–Trinajstić information content (AvgIpc) is 3.11. The van der Waals surface area contributed by atoms with E-state index in [1.54, 1.807) is 0 Å². The highest BCUT2D eigenvalue weighted by atomic mass is 35.5. The van der Waals surface area contributed by atoms with Crippen LogP contribution in [-0.2, 0) is 0 Å². The maximum atomic E-state index is 6.42. The zero-order chi connectivity index (χ0) is 15.1. The van der Waals surface area contributed by atoms with Crippen LogP contribution in [0.5, 0.6) is 0 Å². The molecule has 3 aliphatic rings. The number of rotatable bonds is 3. The molecule has 2 bridgehead atoms. The summed E-state index contributed by atoms with van der Waals surface area (Å²) in [5.41, 5.74) is 2.53. The molecule has 1 aliphatic heterocycles. The van der Waals surface area contributed by atoms with Gasteiger partial charge in [0.05, 0.1) is 10.7 Å². The molecule has 2 fully saturated rings. The molecule has 3 unspecified atom stereocenters. The zero-order valence-electron chi connectivity index (χ0n) is 13.3. The van der Waals surface area contributed by atoms with Crippen molar-refractivity contribution in [2.45, 2.75) is 19.8 Å². The minimum absolute atomic E-state index is 0.869. The van der Waals surface area contributed by atoms with Gasteiger partial charge < -0.3 is 4.90 Å². The van der Waals surface area contributed by atoms with Crippen molar-refractivity contribution in [1.82, 2.24) is 4.90 Å². The lowest BCUT2D eigenvalue weighted by Gasteiger charge is -2.38. The van der Waals surface area contributed by atoms with E-state index < -0.39 is 0 Å². The minimum Gasteiger partial charge on any atom is -0.368 e. The summed E-state index contributed by atoms with van der Waals surface area (Å²) >= 11 is 6.42. The molecule has 4 rings (SSSR count). The number of aryl methyl sites for hydroxylation is 1. The summed E-state index contributed by atoms with van der Waals surface area (Å²) in [5, 5.41) is 0.895. The number of para-hydroxylation sites is 1. The van der Waals surface area contributed by atoms with E-state index in [1.165, 1.54) is 43.7 Å². The monoisotopic (exact) mass is 316 g/mol. The van der Waals surface area contributed by atoms with Gasteiger partial charge in [-0.05, 0) is 49.1 Å². The fourth-order valence-corrected chi connectivity index (χ4v) is 4.96. The Hall–Kier alpha value is -0.990. The molecule has 1 saturated carbocycles. The molecule has 118 valence electrons. The zero-order valence-corrected chi connectivity index (χ0v) is 14.1. The first-order valence-corrected chi connectivity index (χ1v) is 8.99. The molecule has 2 nitrogen and oxygen atoms in total. The fourth-order valence-electron chi connectivity index (χ4n) is 4.61. The normalized spacial score (nSPS) is 31.2. The van der Waals surface area contributed by atoms with Crippen molar-refractivity contribution in [1.29, 1.82) is 0 Å². The summed E-state index contributed by atoms with van der Waals surface area (Å²) in [4.78, 5) is 5.14. The van der Waals surface area contributed by atoms with E-state index in [-0.39, 0.29) is 0 Å². The van der Waals surface area contributed by atoms with E-state index in [2.05, 4.69) is 34.9 Å². The van der Waals surface area contributed by atoms with Crippen LogP contribution in [0.2, 0.25) is 5.02 Å². The molecule has 0 radical (unpaired) electrons. The number of hydrogen-bond acceptors (Lipinski definition) is 2. The van der Waals surface area contributed by atoms with Crippen LogP contribution < -0.4 is 4.90 Å². The highest BCUT2D eigenvalue weighted by Crippen LogP contribution is 2.43. The second kappa shape index (κ2) is 5.90. The Labute approximate surface area is 138 Å². The van der Waals surface area contributed by atoms with Crippen LogP contribution in [0.15, 0.2) is 30.4 Å². The van der Waals surface area contributed by atoms with Crippen molar-refractivity contribution in [2.24, 2.45) is 17.8 Å². The molecule has 1 aromatic carbocycles. The highest BCUT2D eigenvalue weighted by molar-refractivity contribution is 6.33. The van der Waals surface area contributed by atoms with Crippen molar-refractivity contribution in [3.05, 3.63) is 40.9 Å². The van der Waals surface area contributed by atoms with Crippen LogP contribution in [0.1, 0.15) is 18.4 Å². The lowest BCUT2D eigenvalue weighted by molar-refractivity contribution is 0.204. The number of anilines is 1. The number of nitrogens with zero attached hydrogens (tertiary/aromatic N) is 2. The van der Waals surface area contributed by atoms with E-state index in [9.17, 15) is 0 Å². The molecule has 1 aromatic rings. The largest absolute Gasteiger partial charge is 0.368 e. The Morgan fingerprint density at radius 1 is 1.09 bits per heavy atom. The van der Waals surface area contributed by atoms with Gasteiger partial charge in [0.2, 0.25) is 0 Å². The van der Waals surface area contributed by atoms with Gasteiger partial charge in [-0.3, -0.25) is 4.90 Å². The van der Waals surface area contributed by atoms with Crippen LogP contribution in [-0.4, -0.2) is 37.6 Å². The molecule has 0 amide bonds. The summed E-state index contributed by atoms with van der Waals surface area (Å²) in [7, 11) is 0. The summed E-state index contributed by atoms with van der Waals surface area (Å²) in [6.07, 6.45) is 7.76. The number of allylic oxidation sites excluding steroid dienone is 2. The van der Waals surface area contributed by atoms with E-state index >= 15 is 0 Å². The summed E-state index contributed by atoms with van der Waals surface area (Å²) < 4.78 is 0. The molecule has 22 heavy (non-hydrogen) atoms. The second-order valence-corrected chi connectivity index (χ2v) is 7.64. The van der Waals surface area contributed by atoms with Gasteiger partial charge >= 0.3 is 0 Å². The minimum atomic E-state index is 0.869. The molecule has 1 heterocycles. The topological polar surface area (TPSA) is 6.48 Å². The Kier molecular flexibility index (Phi) is 3.91. The average molecular weight is 317 g/mol. The standard InChI is InChI=1S/C19H25ClN2/c1-14-3-2-4-18(20)19(14)22-9-7-21(8-10-22)13-17-12-15-5-6-16(17)11-15/h2-6,15-17H,7-13H2,1H3. The van der Waals surface area contributed by atoms with Crippen molar-refractivity contribution in [3.63, 3.8) is 0 Å². The number of halogens is 1. The van der Waals surface area contributed by atoms with Gasteiger partial charge in [0, 0.05) is 32.7 Å². The molecule has 1 saturated heterocycles. The summed E-state index contributed by atoms with van der Waals surface area (Å²) in [5.74, 6) is 2.67. The van der Waals surface area contributed by atoms with Crippen molar-refractivity contribution >= 4 is 17.3 Å². The maximum Gasteiger partial charge on any atom is 0.0642 e. The first-order chi connectivity index (χ1) is 10.7. The summed E-state index contributed by atoms with van der Waals surface area (Å²) in [6.45, 7) is 7.99. The van der Waals surface area contributed by atoms with Crippen molar-refractivity contribution in [2.75, 3.05) is 37.6 Å².